The number of hydrogen-bond donors (Lipinski definition) is 0. The summed E-state index contributed by atoms with van der Waals surface area (Å²) < 4.78 is 19.5. The molecule has 3 heterocycles. The first kappa shape index (κ1) is 32.4. The van der Waals surface area contributed by atoms with Crippen molar-refractivity contribution in [1.29, 1.82) is 0 Å². The third-order valence-corrected chi connectivity index (χ3v) is 11.5. The molecular weight excluding hydrogens is 711 g/mol. The Morgan fingerprint density at radius 1 is 0.259 bits per heavy atom. The monoisotopic (exact) mass is 743 g/mol. The molecule has 0 N–H and O–H groups in total. The highest BCUT2D eigenvalue weighted by molar-refractivity contribution is 6.12. The van der Waals surface area contributed by atoms with Gasteiger partial charge in [0.1, 0.15) is 33.5 Å². The van der Waals surface area contributed by atoms with Crippen molar-refractivity contribution >= 4 is 82.9 Å². The van der Waals surface area contributed by atoms with Crippen LogP contribution < -0.4 is 4.90 Å². The van der Waals surface area contributed by atoms with E-state index in [2.05, 4.69) is 181 Å². The Morgan fingerprint density at radius 3 is 1.45 bits per heavy atom. The number of para-hydroxylation sites is 3. The summed E-state index contributed by atoms with van der Waals surface area (Å²) in [4.78, 5) is 2.30. The van der Waals surface area contributed by atoms with Gasteiger partial charge in [-0.25, -0.2) is 0 Å². The molecule has 0 fully saturated rings. The standard InChI is InChI=1S/C54H33NO3/c1-3-11-35(12-4-1)41-16-9-18-45-47-31-37(23-29-50(47)57-53(41)45)34-21-24-38(25-22-34)55(40-26-28-44-43-15-7-8-20-49(43)56-52(44)33-40)39-27-30-51-48(32-39)46-19-10-17-42(54(46)58-51)36-13-5-2-6-14-36/h1-33H. The lowest BCUT2D eigenvalue weighted by molar-refractivity contribution is 0.668. The summed E-state index contributed by atoms with van der Waals surface area (Å²) in [5.41, 5.74) is 15.0. The topological polar surface area (TPSA) is 42.7 Å². The van der Waals surface area contributed by atoms with Gasteiger partial charge in [0.05, 0.1) is 0 Å². The zero-order valence-electron chi connectivity index (χ0n) is 31.2. The second-order valence-electron chi connectivity index (χ2n) is 14.9. The maximum absolute atomic E-state index is 6.58. The van der Waals surface area contributed by atoms with E-state index < -0.39 is 0 Å². The molecule has 12 rings (SSSR count). The third-order valence-electron chi connectivity index (χ3n) is 11.5. The number of nitrogens with zero attached hydrogens (tertiary/aromatic N) is 1. The molecule has 12 aromatic rings. The summed E-state index contributed by atoms with van der Waals surface area (Å²) in [5.74, 6) is 0. The van der Waals surface area contributed by atoms with Crippen molar-refractivity contribution in [2.24, 2.45) is 0 Å². The van der Waals surface area contributed by atoms with Crippen molar-refractivity contribution < 1.29 is 13.3 Å². The lowest BCUT2D eigenvalue weighted by atomic mass is 10.00. The highest BCUT2D eigenvalue weighted by Crippen LogP contribution is 2.43. The van der Waals surface area contributed by atoms with E-state index in [9.17, 15) is 0 Å². The van der Waals surface area contributed by atoms with Crippen LogP contribution in [0.2, 0.25) is 0 Å². The molecular formula is C54H33NO3. The first-order chi connectivity index (χ1) is 28.7. The third kappa shape index (κ3) is 5.16. The summed E-state index contributed by atoms with van der Waals surface area (Å²) in [5, 5.41) is 6.56. The maximum Gasteiger partial charge on any atom is 0.143 e. The Bertz CT molecular complexity index is 3500. The zero-order chi connectivity index (χ0) is 38.2. The molecule has 0 radical (unpaired) electrons. The number of anilines is 3. The first-order valence-electron chi connectivity index (χ1n) is 19.6. The molecule has 4 nitrogen and oxygen atoms in total. The average Bonchev–Trinajstić information content (AvgIpc) is 3.98. The van der Waals surface area contributed by atoms with Gasteiger partial charge in [0.25, 0.3) is 0 Å². The van der Waals surface area contributed by atoms with Gasteiger partial charge in [-0.1, -0.05) is 133 Å². The summed E-state index contributed by atoms with van der Waals surface area (Å²) >= 11 is 0. The van der Waals surface area contributed by atoms with E-state index in [0.717, 1.165) is 116 Å². The van der Waals surface area contributed by atoms with E-state index in [1.165, 1.54) is 0 Å². The molecule has 272 valence electrons. The van der Waals surface area contributed by atoms with Crippen LogP contribution in [0.5, 0.6) is 0 Å². The Balaban J connectivity index is 0.983. The van der Waals surface area contributed by atoms with Gasteiger partial charge in [-0.05, 0) is 82.9 Å². The van der Waals surface area contributed by atoms with Crippen LogP contribution in [0.4, 0.5) is 17.1 Å². The highest BCUT2D eigenvalue weighted by atomic mass is 16.3. The minimum Gasteiger partial charge on any atom is -0.456 e. The van der Waals surface area contributed by atoms with Crippen LogP contribution in [-0.2, 0) is 0 Å². The van der Waals surface area contributed by atoms with Gasteiger partial charge in [-0.3, -0.25) is 0 Å². The molecule has 0 spiro atoms. The van der Waals surface area contributed by atoms with Gasteiger partial charge < -0.3 is 18.2 Å². The van der Waals surface area contributed by atoms with Gasteiger partial charge in [0.2, 0.25) is 0 Å². The van der Waals surface area contributed by atoms with Crippen LogP contribution in [0.15, 0.2) is 213 Å². The number of furan rings is 3. The van der Waals surface area contributed by atoms with Gasteiger partial charge in [0.15, 0.2) is 0 Å². The lowest BCUT2D eigenvalue weighted by Crippen LogP contribution is -2.09. The van der Waals surface area contributed by atoms with Crippen LogP contribution in [0.3, 0.4) is 0 Å². The predicted octanol–water partition coefficient (Wildman–Crippen LogP) is 15.9. The number of hydrogen-bond acceptors (Lipinski definition) is 4. The van der Waals surface area contributed by atoms with Crippen molar-refractivity contribution in [2.45, 2.75) is 0 Å². The Hall–Kier alpha value is -7.82. The molecule has 4 heteroatoms. The second kappa shape index (κ2) is 12.9. The first-order valence-corrected chi connectivity index (χ1v) is 19.6. The molecule has 0 unspecified atom stereocenters. The lowest BCUT2D eigenvalue weighted by Gasteiger charge is -2.25. The molecule has 0 amide bonds. The summed E-state index contributed by atoms with van der Waals surface area (Å²) in [6.45, 7) is 0. The fourth-order valence-corrected chi connectivity index (χ4v) is 8.70. The van der Waals surface area contributed by atoms with Crippen LogP contribution in [0.1, 0.15) is 0 Å². The fraction of sp³-hybridized carbons (Fsp3) is 0. The molecule has 3 aromatic heterocycles. The average molecular weight is 744 g/mol. The van der Waals surface area contributed by atoms with Gasteiger partial charge in [0, 0.05) is 66.6 Å². The second-order valence-corrected chi connectivity index (χ2v) is 14.9. The van der Waals surface area contributed by atoms with Crippen LogP contribution in [0, 0.1) is 0 Å². The van der Waals surface area contributed by atoms with Crippen LogP contribution >= 0.6 is 0 Å². The molecule has 9 aromatic carbocycles. The van der Waals surface area contributed by atoms with E-state index in [4.69, 9.17) is 13.3 Å². The zero-order valence-corrected chi connectivity index (χ0v) is 31.2. The normalized spacial score (nSPS) is 11.8. The molecule has 58 heavy (non-hydrogen) atoms. The summed E-state index contributed by atoms with van der Waals surface area (Å²) in [6, 6.07) is 70.2. The minimum absolute atomic E-state index is 0.846. The molecule has 0 saturated heterocycles. The summed E-state index contributed by atoms with van der Waals surface area (Å²) in [7, 11) is 0. The number of rotatable bonds is 6. The van der Waals surface area contributed by atoms with E-state index in [0.29, 0.717) is 0 Å². The van der Waals surface area contributed by atoms with Crippen molar-refractivity contribution in [3.05, 3.63) is 200 Å². The Labute approximate surface area is 333 Å². The molecule has 0 aliphatic carbocycles. The van der Waals surface area contributed by atoms with Crippen LogP contribution in [-0.4, -0.2) is 0 Å². The SMILES string of the molecule is c1ccc(-c2cccc3c2oc2ccc(-c4ccc(N(c5ccc6c(c5)oc5ccccc56)c5ccc6oc7c(-c8ccccc8)cccc7c6c5)cc4)cc23)cc1. The summed E-state index contributed by atoms with van der Waals surface area (Å²) in [6.07, 6.45) is 0. The van der Waals surface area contributed by atoms with Crippen molar-refractivity contribution in [2.75, 3.05) is 4.90 Å². The quantitative estimate of drug-likeness (QED) is 0.170. The maximum atomic E-state index is 6.58. The smallest absolute Gasteiger partial charge is 0.143 e. The molecule has 0 atom stereocenters. The van der Waals surface area contributed by atoms with E-state index >= 15 is 0 Å². The van der Waals surface area contributed by atoms with Gasteiger partial charge in [-0.15, -0.1) is 0 Å². The van der Waals surface area contributed by atoms with Gasteiger partial charge in [-0.2, -0.15) is 0 Å². The van der Waals surface area contributed by atoms with Gasteiger partial charge >= 0.3 is 0 Å². The Kier molecular flexibility index (Phi) is 7.20. The van der Waals surface area contributed by atoms with Crippen LogP contribution in [0.25, 0.3) is 99.2 Å². The van der Waals surface area contributed by atoms with Crippen molar-refractivity contribution in [1.82, 2.24) is 0 Å². The minimum atomic E-state index is 0.846. The molecule has 0 aliphatic rings. The fourth-order valence-electron chi connectivity index (χ4n) is 8.70. The number of benzene rings is 9. The van der Waals surface area contributed by atoms with Crippen molar-refractivity contribution in [3.63, 3.8) is 0 Å². The largest absolute Gasteiger partial charge is 0.456 e. The highest BCUT2D eigenvalue weighted by Gasteiger charge is 2.20. The van der Waals surface area contributed by atoms with E-state index in [-0.39, 0.29) is 0 Å². The van der Waals surface area contributed by atoms with E-state index in [1.807, 2.05) is 24.3 Å². The molecule has 0 aliphatic heterocycles. The van der Waals surface area contributed by atoms with E-state index in [1.54, 1.807) is 0 Å². The number of fused-ring (bicyclic) bond motifs is 9. The molecule has 0 saturated carbocycles. The predicted molar refractivity (Wildman–Crippen MR) is 239 cm³/mol. The van der Waals surface area contributed by atoms with Crippen molar-refractivity contribution in [3.8, 4) is 33.4 Å². The Morgan fingerprint density at radius 2 is 0.759 bits per heavy atom. The molecule has 0 bridgehead atoms.